The lowest BCUT2D eigenvalue weighted by Gasteiger charge is -2.18. The zero-order valence-corrected chi connectivity index (χ0v) is 14.8. The summed E-state index contributed by atoms with van der Waals surface area (Å²) < 4.78 is 0. The molecule has 4 heteroatoms. The highest BCUT2D eigenvalue weighted by Crippen LogP contribution is 2.28. The second-order valence-corrected chi connectivity index (χ2v) is 6.34. The number of rotatable bonds is 5. The Balaban J connectivity index is 1.80. The number of halogens is 1. The van der Waals surface area contributed by atoms with Crippen LogP contribution in [-0.2, 0) is 4.79 Å². The molecule has 1 amide bonds. The number of nitriles is 1. The molecule has 0 unspecified atom stereocenters. The fourth-order valence-electron chi connectivity index (χ4n) is 2.88. The maximum absolute atomic E-state index is 12.6. The van der Waals surface area contributed by atoms with E-state index in [1.165, 1.54) is 0 Å². The van der Waals surface area contributed by atoms with Gasteiger partial charge in [-0.1, -0.05) is 72.3 Å². The number of benzene rings is 3. The molecule has 128 valence electrons. The molecule has 3 aromatic rings. The van der Waals surface area contributed by atoms with Gasteiger partial charge in [0.15, 0.2) is 0 Å². The predicted octanol–water partition coefficient (Wildman–Crippen LogP) is 5.37. The maximum atomic E-state index is 12.6. The Hall–Kier alpha value is -3.09. The number of carbonyl (C=O) groups excluding carboxylic acids is 1. The highest BCUT2D eigenvalue weighted by atomic mass is 35.5. The third-order valence-corrected chi connectivity index (χ3v) is 4.48. The number of nitrogens with one attached hydrogen (secondary N) is 1. The second-order valence-electron chi connectivity index (χ2n) is 5.93. The van der Waals surface area contributed by atoms with E-state index in [-0.39, 0.29) is 11.8 Å². The van der Waals surface area contributed by atoms with Crippen molar-refractivity contribution in [1.82, 2.24) is 0 Å². The smallest absolute Gasteiger partial charge is 0.225 e. The largest absolute Gasteiger partial charge is 0.326 e. The van der Waals surface area contributed by atoms with Crippen LogP contribution in [-0.4, -0.2) is 5.91 Å². The Morgan fingerprint density at radius 3 is 2.04 bits per heavy atom. The van der Waals surface area contributed by atoms with E-state index in [0.29, 0.717) is 22.7 Å². The standard InChI is InChI=1S/C22H17ClN2O/c23-21-13-19(12-11-18(21)15-24)25-22(26)14-20(16-7-3-1-4-8-16)17-9-5-2-6-10-17/h1-13,20H,14H2,(H,25,26). The van der Waals surface area contributed by atoms with Crippen molar-refractivity contribution in [3.05, 3.63) is 101 Å². The fraction of sp³-hybridized carbons (Fsp3) is 0.0909. The predicted molar refractivity (Wildman–Crippen MR) is 104 cm³/mol. The van der Waals surface area contributed by atoms with Crippen molar-refractivity contribution in [2.24, 2.45) is 0 Å². The third kappa shape index (κ3) is 4.30. The lowest BCUT2D eigenvalue weighted by atomic mass is 9.88. The molecule has 3 aromatic carbocycles. The first-order valence-corrected chi connectivity index (χ1v) is 8.64. The second kappa shape index (κ2) is 8.33. The topological polar surface area (TPSA) is 52.9 Å². The molecule has 0 fully saturated rings. The van der Waals surface area contributed by atoms with Gasteiger partial charge in [-0.05, 0) is 29.3 Å². The fourth-order valence-corrected chi connectivity index (χ4v) is 3.10. The van der Waals surface area contributed by atoms with Crippen LogP contribution in [0.4, 0.5) is 5.69 Å². The lowest BCUT2D eigenvalue weighted by Crippen LogP contribution is -2.16. The van der Waals surface area contributed by atoms with Crippen LogP contribution in [0.5, 0.6) is 0 Å². The van der Waals surface area contributed by atoms with Crippen molar-refractivity contribution in [3.63, 3.8) is 0 Å². The van der Waals surface area contributed by atoms with Crippen LogP contribution in [0.15, 0.2) is 78.9 Å². The Morgan fingerprint density at radius 1 is 0.962 bits per heavy atom. The van der Waals surface area contributed by atoms with E-state index in [9.17, 15) is 4.79 Å². The summed E-state index contributed by atoms with van der Waals surface area (Å²) in [5.41, 5.74) is 3.15. The van der Waals surface area contributed by atoms with Crippen molar-refractivity contribution >= 4 is 23.2 Å². The van der Waals surface area contributed by atoms with Gasteiger partial charge in [-0.25, -0.2) is 0 Å². The summed E-state index contributed by atoms with van der Waals surface area (Å²) in [6, 6.07) is 26.8. The highest BCUT2D eigenvalue weighted by Gasteiger charge is 2.18. The van der Waals surface area contributed by atoms with E-state index in [0.717, 1.165) is 11.1 Å². The van der Waals surface area contributed by atoms with Crippen molar-refractivity contribution in [3.8, 4) is 6.07 Å². The Kier molecular flexibility index (Phi) is 5.68. The van der Waals surface area contributed by atoms with Gasteiger partial charge in [-0.15, -0.1) is 0 Å². The Bertz CT molecular complexity index is 894. The number of amides is 1. The molecule has 0 bridgehead atoms. The van der Waals surface area contributed by atoms with Crippen LogP contribution in [0.3, 0.4) is 0 Å². The molecular weight excluding hydrogens is 344 g/mol. The van der Waals surface area contributed by atoms with Crippen LogP contribution >= 0.6 is 11.6 Å². The molecule has 0 aliphatic carbocycles. The SMILES string of the molecule is N#Cc1ccc(NC(=O)CC(c2ccccc2)c2ccccc2)cc1Cl. The average molecular weight is 361 g/mol. The highest BCUT2D eigenvalue weighted by molar-refractivity contribution is 6.32. The van der Waals surface area contributed by atoms with Crippen molar-refractivity contribution in [2.45, 2.75) is 12.3 Å². The van der Waals surface area contributed by atoms with Gasteiger partial charge in [0, 0.05) is 18.0 Å². The molecule has 3 nitrogen and oxygen atoms in total. The first-order chi connectivity index (χ1) is 12.7. The Morgan fingerprint density at radius 2 is 1.54 bits per heavy atom. The summed E-state index contributed by atoms with van der Waals surface area (Å²) in [5.74, 6) is -0.144. The summed E-state index contributed by atoms with van der Waals surface area (Å²) in [6.07, 6.45) is 0.311. The molecule has 0 aromatic heterocycles. The summed E-state index contributed by atoms with van der Waals surface area (Å²) in [5, 5.41) is 12.1. The molecule has 0 aliphatic rings. The molecule has 1 N–H and O–H groups in total. The van der Waals surface area contributed by atoms with Gasteiger partial charge in [-0.2, -0.15) is 5.26 Å². The monoisotopic (exact) mass is 360 g/mol. The maximum Gasteiger partial charge on any atom is 0.225 e. The first-order valence-electron chi connectivity index (χ1n) is 8.27. The quantitative estimate of drug-likeness (QED) is 0.664. The molecule has 0 saturated heterocycles. The van der Waals surface area contributed by atoms with E-state index >= 15 is 0 Å². The van der Waals surface area contributed by atoms with Crippen LogP contribution < -0.4 is 5.32 Å². The minimum atomic E-state index is -0.108. The van der Waals surface area contributed by atoms with E-state index in [1.54, 1.807) is 18.2 Å². The lowest BCUT2D eigenvalue weighted by molar-refractivity contribution is -0.116. The van der Waals surface area contributed by atoms with Gasteiger partial charge in [0.25, 0.3) is 0 Å². The van der Waals surface area contributed by atoms with Gasteiger partial charge in [0.05, 0.1) is 10.6 Å². The summed E-state index contributed by atoms with van der Waals surface area (Å²) in [4.78, 5) is 12.6. The minimum absolute atomic E-state index is 0.0359. The van der Waals surface area contributed by atoms with E-state index in [1.807, 2.05) is 66.7 Å². The molecule has 26 heavy (non-hydrogen) atoms. The van der Waals surface area contributed by atoms with Crippen molar-refractivity contribution < 1.29 is 4.79 Å². The van der Waals surface area contributed by atoms with E-state index in [2.05, 4.69) is 5.32 Å². The van der Waals surface area contributed by atoms with E-state index in [4.69, 9.17) is 16.9 Å². The first kappa shape index (κ1) is 17.7. The van der Waals surface area contributed by atoms with Crippen LogP contribution in [0, 0.1) is 11.3 Å². The molecule has 0 aliphatic heterocycles. The number of hydrogen-bond acceptors (Lipinski definition) is 2. The molecule has 3 rings (SSSR count). The normalized spacial score (nSPS) is 10.3. The summed E-state index contributed by atoms with van der Waals surface area (Å²) >= 11 is 6.04. The van der Waals surface area contributed by atoms with Crippen LogP contribution in [0.2, 0.25) is 5.02 Å². The minimum Gasteiger partial charge on any atom is -0.326 e. The molecule has 0 heterocycles. The number of nitrogens with zero attached hydrogens (tertiary/aromatic N) is 1. The van der Waals surface area contributed by atoms with Crippen molar-refractivity contribution in [1.29, 1.82) is 5.26 Å². The number of carbonyl (C=O) groups is 1. The zero-order chi connectivity index (χ0) is 18.4. The van der Waals surface area contributed by atoms with Gasteiger partial charge in [0.2, 0.25) is 5.91 Å². The molecule has 0 spiro atoms. The number of anilines is 1. The summed E-state index contributed by atoms with van der Waals surface area (Å²) in [6.45, 7) is 0. The van der Waals surface area contributed by atoms with E-state index < -0.39 is 0 Å². The van der Waals surface area contributed by atoms with Crippen molar-refractivity contribution in [2.75, 3.05) is 5.32 Å². The van der Waals surface area contributed by atoms with Crippen LogP contribution in [0.25, 0.3) is 0 Å². The molecule has 0 radical (unpaired) electrons. The Labute approximate surface area is 157 Å². The zero-order valence-electron chi connectivity index (χ0n) is 14.0. The van der Waals surface area contributed by atoms with Gasteiger partial charge in [-0.3, -0.25) is 4.79 Å². The van der Waals surface area contributed by atoms with Gasteiger partial charge >= 0.3 is 0 Å². The van der Waals surface area contributed by atoms with Crippen LogP contribution in [0.1, 0.15) is 29.0 Å². The number of hydrogen-bond donors (Lipinski definition) is 1. The molecular formula is C22H17ClN2O. The average Bonchev–Trinajstić information content (AvgIpc) is 2.68. The summed E-state index contributed by atoms with van der Waals surface area (Å²) in [7, 11) is 0. The van der Waals surface area contributed by atoms with Gasteiger partial charge in [0.1, 0.15) is 6.07 Å². The molecule has 0 saturated carbocycles. The molecule has 0 atom stereocenters. The third-order valence-electron chi connectivity index (χ3n) is 4.17. The van der Waals surface area contributed by atoms with Gasteiger partial charge < -0.3 is 5.32 Å².